The van der Waals surface area contributed by atoms with Crippen LogP contribution in [0.1, 0.15) is 36.7 Å². The lowest BCUT2D eigenvalue weighted by atomic mass is 10.2. The summed E-state index contributed by atoms with van der Waals surface area (Å²) in [5.74, 6) is 0. The second kappa shape index (κ2) is 4.61. The molecule has 2 aromatic rings. The quantitative estimate of drug-likeness (QED) is 0.760. The van der Waals surface area contributed by atoms with Crippen LogP contribution in [0.4, 0.5) is 0 Å². The van der Waals surface area contributed by atoms with Gasteiger partial charge in [0, 0.05) is 23.2 Å². The van der Waals surface area contributed by atoms with Gasteiger partial charge in [-0.15, -0.1) is 0 Å². The number of rotatable bonds is 4. The standard InChI is InChI=1S/C12H14N2OS/c1-3-9(2)14-6-11(7-15)12(13-14)10-4-5-16-8-10/h4-9H,3H2,1-2H3. The Kier molecular flexibility index (Phi) is 3.19. The summed E-state index contributed by atoms with van der Waals surface area (Å²) in [6, 6.07) is 2.31. The van der Waals surface area contributed by atoms with E-state index in [9.17, 15) is 4.79 Å². The van der Waals surface area contributed by atoms with Crippen LogP contribution < -0.4 is 0 Å². The molecule has 4 heteroatoms. The van der Waals surface area contributed by atoms with Crippen LogP contribution in [-0.4, -0.2) is 16.1 Å². The number of hydrogen-bond acceptors (Lipinski definition) is 3. The minimum absolute atomic E-state index is 0.325. The summed E-state index contributed by atoms with van der Waals surface area (Å²) in [5.41, 5.74) is 2.48. The molecule has 0 radical (unpaired) electrons. The Bertz CT molecular complexity index is 473. The lowest BCUT2D eigenvalue weighted by Crippen LogP contribution is -2.03. The monoisotopic (exact) mass is 234 g/mol. The first-order valence-corrected chi connectivity index (χ1v) is 6.27. The van der Waals surface area contributed by atoms with Crippen LogP contribution in [0.2, 0.25) is 0 Å². The molecule has 0 saturated carbocycles. The highest BCUT2D eigenvalue weighted by molar-refractivity contribution is 7.08. The molecule has 0 bridgehead atoms. The van der Waals surface area contributed by atoms with E-state index in [0.717, 1.165) is 24.0 Å². The maximum Gasteiger partial charge on any atom is 0.153 e. The number of aromatic nitrogens is 2. The molecule has 0 spiro atoms. The van der Waals surface area contributed by atoms with Gasteiger partial charge in [0.25, 0.3) is 0 Å². The molecule has 2 rings (SSSR count). The lowest BCUT2D eigenvalue weighted by Gasteiger charge is -2.07. The topological polar surface area (TPSA) is 34.9 Å². The van der Waals surface area contributed by atoms with Gasteiger partial charge in [0.2, 0.25) is 0 Å². The molecular formula is C12H14N2OS. The molecule has 0 aliphatic heterocycles. The molecule has 2 heterocycles. The van der Waals surface area contributed by atoms with Crippen molar-refractivity contribution >= 4 is 17.6 Å². The van der Waals surface area contributed by atoms with Crippen molar-refractivity contribution in [2.75, 3.05) is 0 Å². The molecule has 0 amide bonds. The van der Waals surface area contributed by atoms with E-state index in [2.05, 4.69) is 18.9 Å². The third-order valence-corrected chi connectivity index (χ3v) is 3.41. The average Bonchev–Trinajstić information content (AvgIpc) is 2.95. The number of nitrogens with zero attached hydrogens (tertiary/aromatic N) is 2. The molecule has 0 fully saturated rings. The van der Waals surface area contributed by atoms with Gasteiger partial charge < -0.3 is 0 Å². The summed E-state index contributed by atoms with van der Waals surface area (Å²) in [4.78, 5) is 11.0. The molecule has 0 N–H and O–H groups in total. The van der Waals surface area contributed by atoms with Crippen LogP contribution in [0.3, 0.4) is 0 Å². The van der Waals surface area contributed by atoms with E-state index < -0.39 is 0 Å². The smallest absolute Gasteiger partial charge is 0.153 e. The number of carbonyl (C=O) groups is 1. The predicted octanol–water partition coefficient (Wildman–Crippen LogP) is 3.40. The highest BCUT2D eigenvalue weighted by atomic mass is 32.1. The van der Waals surface area contributed by atoms with Gasteiger partial charge in [-0.05, 0) is 24.8 Å². The first-order chi connectivity index (χ1) is 7.76. The molecule has 84 valence electrons. The van der Waals surface area contributed by atoms with E-state index in [0.29, 0.717) is 11.6 Å². The first-order valence-electron chi connectivity index (χ1n) is 5.33. The summed E-state index contributed by atoms with van der Waals surface area (Å²) >= 11 is 1.61. The third-order valence-electron chi connectivity index (χ3n) is 2.72. The minimum Gasteiger partial charge on any atom is -0.298 e. The van der Waals surface area contributed by atoms with Gasteiger partial charge in [-0.3, -0.25) is 9.48 Å². The number of hydrogen-bond donors (Lipinski definition) is 0. The molecule has 1 atom stereocenters. The maximum absolute atomic E-state index is 11.0. The zero-order chi connectivity index (χ0) is 11.5. The van der Waals surface area contributed by atoms with Gasteiger partial charge in [-0.2, -0.15) is 16.4 Å². The highest BCUT2D eigenvalue weighted by Crippen LogP contribution is 2.24. The molecule has 0 aliphatic carbocycles. The van der Waals surface area contributed by atoms with Crippen molar-refractivity contribution < 1.29 is 4.79 Å². The van der Waals surface area contributed by atoms with Gasteiger partial charge in [0.15, 0.2) is 6.29 Å². The van der Waals surface area contributed by atoms with Gasteiger partial charge in [0.1, 0.15) is 5.69 Å². The summed E-state index contributed by atoms with van der Waals surface area (Å²) in [5, 5.41) is 8.49. The number of carbonyl (C=O) groups excluding carboxylic acids is 1. The Morgan fingerprint density at radius 2 is 2.44 bits per heavy atom. The van der Waals surface area contributed by atoms with Crippen molar-refractivity contribution in [3.8, 4) is 11.3 Å². The van der Waals surface area contributed by atoms with E-state index >= 15 is 0 Å². The normalized spacial score (nSPS) is 12.6. The maximum atomic E-state index is 11.0. The van der Waals surface area contributed by atoms with Crippen LogP contribution >= 0.6 is 11.3 Å². The third kappa shape index (κ3) is 1.93. The Labute approximate surface area is 98.7 Å². The second-order valence-corrected chi connectivity index (χ2v) is 4.58. The van der Waals surface area contributed by atoms with Crippen molar-refractivity contribution in [3.63, 3.8) is 0 Å². The Balaban J connectivity index is 2.45. The molecule has 2 aromatic heterocycles. The molecule has 16 heavy (non-hydrogen) atoms. The van der Waals surface area contributed by atoms with Crippen molar-refractivity contribution in [3.05, 3.63) is 28.6 Å². The van der Waals surface area contributed by atoms with Crippen molar-refractivity contribution in [2.45, 2.75) is 26.3 Å². The van der Waals surface area contributed by atoms with Gasteiger partial charge in [0.05, 0.1) is 5.56 Å². The number of thiophene rings is 1. The molecule has 1 unspecified atom stereocenters. The Morgan fingerprint density at radius 3 is 3.00 bits per heavy atom. The average molecular weight is 234 g/mol. The number of aldehydes is 1. The Hall–Kier alpha value is -1.42. The van der Waals surface area contributed by atoms with Crippen LogP contribution in [-0.2, 0) is 0 Å². The molecule has 3 nitrogen and oxygen atoms in total. The summed E-state index contributed by atoms with van der Waals surface area (Å²) in [6.45, 7) is 4.20. The molecule has 0 aromatic carbocycles. The van der Waals surface area contributed by atoms with Crippen molar-refractivity contribution in [2.24, 2.45) is 0 Å². The fourth-order valence-electron chi connectivity index (χ4n) is 1.53. The zero-order valence-electron chi connectivity index (χ0n) is 9.38. The van der Waals surface area contributed by atoms with Crippen LogP contribution in [0.5, 0.6) is 0 Å². The van der Waals surface area contributed by atoms with E-state index in [4.69, 9.17) is 0 Å². The van der Waals surface area contributed by atoms with Gasteiger partial charge in [-0.25, -0.2) is 0 Å². The second-order valence-electron chi connectivity index (χ2n) is 3.80. The summed E-state index contributed by atoms with van der Waals surface area (Å²) < 4.78 is 1.87. The molecular weight excluding hydrogens is 220 g/mol. The van der Waals surface area contributed by atoms with Crippen LogP contribution in [0.25, 0.3) is 11.3 Å². The highest BCUT2D eigenvalue weighted by Gasteiger charge is 2.13. The zero-order valence-corrected chi connectivity index (χ0v) is 10.2. The van der Waals surface area contributed by atoms with Gasteiger partial charge in [-0.1, -0.05) is 6.92 Å². The van der Waals surface area contributed by atoms with E-state index in [-0.39, 0.29) is 0 Å². The van der Waals surface area contributed by atoms with Gasteiger partial charge >= 0.3 is 0 Å². The summed E-state index contributed by atoms with van der Waals surface area (Å²) in [6.07, 6.45) is 3.70. The fourth-order valence-corrected chi connectivity index (χ4v) is 2.17. The van der Waals surface area contributed by atoms with E-state index in [1.807, 2.05) is 27.7 Å². The summed E-state index contributed by atoms with van der Waals surface area (Å²) in [7, 11) is 0. The van der Waals surface area contributed by atoms with Crippen molar-refractivity contribution in [1.82, 2.24) is 9.78 Å². The van der Waals surface area contributed by atoms with Crippen LogP contribution in [0, 0.1) is 0 Å². The Morgan fingerprint density at radius 1 is 1.62 bits per heavy atom. The molecule has 0 aliphatic rings. The lowest BCUT2D eigenvalue weighted by molar-refractivity contribution is 0.112. The minimum atomic E-state index is 0.325. The predicted molar refractivity (Wildman–Crippen MR) is 65.9 cm³/mol. The van der Waals surface area contributed by atoms with E-state index in [1.165, 1.54) is 0 Å². The van der Waals surface area contributed by atoms with E-state index in [1.54, 1.807) is 11.3 Å². The fraction of sp³-hybridized carbons (Fsp3) is 0.333. The van der Waals surface area contributed by atoms with Crippen LogP contribution in [0.15, 0.2) is 23.0 Å². The molecule has 0 saturated heterocycles. The largest absolute Gasteiger partial charge is 0.298 e. The first kappa shape index (κ1) is 11.1. The SMILES string of the molecule is CCC(C)n1cc(C=O)c(-c2ccsc2)n1. The van der Waals surface area contributed by atoms with Crippen molar-refractivity contribution in [1.29, 1.82) is 0 Å².